The van der Waals surface area contributed by atoms with Crippen molar-refractivity contribution in [2.75, 3.05) is 37.7 Å². The van der Waals surface area contributed by atoms with Crippen LogP contribution in [0.3, 0.4) is 0 Å². The standard InChI is InChI=1S/C34H34FN5O5/c1-3-44-31-18-24(9-10-28(31)36-2)39-15-13-38(14-16-39)19-22-7-8-23(27(35)17-22)21-45-30-6-4-5-25-26(30)20-40(34(25)43)29-11-12-32(41)37-33(29)42/h4-10,17-18,29H,3,11-16,19-21H2,1H3,(H,37,41,42)/t29-/m0/s1. The number of halogens is 1. The third-order valence-corrected chi connectivity index (χ3v) is 8.55. The zero-order valence-electron chi connectivity index (χ0n) is 25.1. The van der Waals surface area contributed by atoms with E-state index in [0.717, 1.165) is 37.4 Å². The summed E-state index contributed by atoms with van der Waals surface area (Å²) < 4.78 is 26.9. The van der Waals surface area contributed by atoms with E-state index in [1.165, 1.54) is 4.90 Å². The van der Waals surface area contributed by atoms with Crippen molar-refractivity contribution in [3.63, 3.8) is 0 Å². The Morgan fingerprint density at radius 3 is 2.56 bits per heavy atom. The van der Waals surface area contributed by atoms with Crippen LogP contribution >= 0.6 is 0 Å². The molecular formula is C34H34FN5O5. The van der Waals surface area contributed by atoms with E-state index in [9.17, 15) is 14.4 Å². The zero-order chi connectivity index (χ0) is 31.5. The van der Waals surface area contributed by atoms with Gasteiger partial charge < -0.3 is 19.3 Å². The summed E-state index contributed by atoms with van der Waals surface area (Å²) in [7, 11) is 0. The summed E-state index contributed by atoms with van der Waals surface area (Å²) >= 11 is 0. The number of anilines is 1. The van der Waals surface area contributed by atoms with Gasteiger partial charge in [0.25, 0.3) is 5.91 Å². The highest BCUT2D eigenvalue weighted by atomic mass is 19.1. The van der Waals surface area contributed by atoms with E-state index in [1.54, 1.807) is 36.4 Å². The minimum Gasteiger partial charge on any atom is -0.505 e. The van der Waals surface area contributed by atoms with Crippen LogP contribution in [-0.4, -0.2) is 66.3 Å². The van der Waals surface area contributed by atoms with E-state index < -0.39 is 11.9 Å². The van der Waals surface area contributed by atoms with Gasteiger partial charge in [-0.15, -0.1) is 0 Å². The minimum absolute atomic E-state index is 0.0100. The third kappa shape index (κ3) is 6.33. The van der Waals surface area contributed by atoms with Crippen molar-refractivity contribution in [1.82, 2.24) is 15.1 Å². The molecule has 3 heterocycles. The van der Waals surface area contributed by atoms with Gasteiger partial charge in [0.2, 0.25) is 17.5 Å². The Labute approximate surface area is 261 Å². The summed E-state index contributed by atoms with van der Waals surface area (Å²) in [5.74, 6) is -0.377. The largest absolute Gasteiger partial charge is 0.505 e. The first kappa shape index (κ1) is 30.1. The second-order valence-corrected chi connectivity index (χ2v) is 11.4. The van der Waals surface area contributed by atoms with Gasteiger partial charge in [-0.05, 0) is 49.2 Å². The van der Waals surface area contributed by atoms with E-state index in [1.807, 2.05) is 25.1 Å². The Morgan fingerprint density at radius 1 is 1.00 bits per heavy atom. The summed E-state index contributed by atoms with van der Waals surface area (Å²) in [5, 5.41) is 2.31. The molecule has 10 nitrogen and oxygen atoms in total. The SMILES string of the molecule is [C-]#[N+]c1ccc(N2CCN(Cc3ccc(COc4cccc5c4CN([C@H]4CCC(=O)NC4=O)C5=O)c(F)c3)CC2)cc1OCC. The molecule has 2 fully saturated rings. The van der Waals surface area contributed by atoms with Crippen LogP contribution < -0.4 is 19.7 Å². The predicted octanol–water partition coefficient (Wildman–Crippen LogP) is 4.44. The monoisotopic (exact) mass is 611 g/mol. The fourth-order valence-corrected chi connectivity index (χ4v) is 6.14. The number of fused-ring (bicyclic) bond motifs is 1. The number of nitrogens with one attached hydrogen (secondary N) is 1. The molecule has 3 aromatic carbocycles. The lowest BCUT2D eigenvalue weighted by Crippen LogP contribution is -2.52. The van der Waals surface area contributed by atoms with Gasteiger partial charge in [-0.1, -0.05) is 24.3 Å². The molecule has 45 heavy (non-hydrogen) atoms. The van der Waals surface area contributed by atoms with E-state index in [4.69, 9.17) is 16.0 Å². The Kier molecular flexibility index (Phi) is 8.67. The number of nitrogens with zero attached hydrogens (tertiary/aromatic N) is 4. The van der Waals surface area contributed by atoms with E-state index in [-0.39, 0.29) is 43.6 Å². The minimum atomic E-state index is -0.714. The predicted molar refractivity (Wildman–Crippen MR) is 165 cm³/mol. The van der Waals surface area contributed by atoms with Gasteiger partial charge in [0, 0.05) is 61.5 Å². The summed E-state index contributed by atoms with van der Waals surface area (Å²) in [6, 6.07) is 15.3. The Morgan fingerprint density at radius 2 is 1.82 bits per heavy atom. The van der Waals surface area contributed by atoms with Crippen molar-refractivity contribution in [2.45, 2.75) is 45.5 Å². The second-order valence-electron chi connectivity index (χ2n) is 11.4. The lowest BCUT2D eigenvalue weighted by molar-refractivity contribution is -0.136. The molecule has 232 valence electrons. The van der Waals surface area contributed by atoms with Gasteiger partial charge in [-0.25, -0.2) is 9.24 Å². The summed E-state index contributed by atoms with van der Waals surface area (Å²) in [6.45, 7) is 13.8. The number of amides is 3. The van der Waals surface area contributed by atoms with E-state index in [2.05, 4.69) is 20.0 Å². The molecule has 2 saturated heterocycles. The van der Waals surface area contributed by atoms with Crippen molar-refractivity contribution in [3.8, 4) is 11.5 Å². The molecule has 0 aliphatic carbocycles. The van der Waals surface area contributed by atoms with Crippen molar-refractivity contribution < 1.29 is 28.2 Å². The van der Waals surface area contributed by atoms with Gasteiger partial charge in [-0.2, -0.15) is 0 Å². The molecule has 3 aliphatic rings. The van der Waals surface area contributed by atoms with Crippen molar-refractivity contribution in [3.05, 3.63) is 94.1 Å². The lowest BCUT2D eigenvalue weighted by Gasteiger charge is -2.36. The topological polar surface area (TPSA) is 95.8 Å². The molecule has 3 aliphatic heterocycles. The number of rotatable bonds is 9. The van der Waals surface area contributed by atoms with Gasteiger partial charge in [-0.3, -0.25) is 24.6 Å². The number of hydrogen-bond acceptors (Lipinski definition) is 7. The molecule has 0 spiro atoms. The number of imide groups is 1. The van der Waals surface area contributed by atoms with Gasteiger partial charge >= 0.3 is 0 Å². The Hall–Kier alpha value is -4.95. The van der Waals surface area contributed by atoms with Crippen LogP contribution in [0.1, 0.15) is 46.8 Å². The number of ether oxygens (including phenoxy) is 2. The summed E-state index contributed by atoms with van der Waals surface area (Å²) in [6.07, 6.45) is 0.460. The van der Waals surface area contributed by atoms with Gasteiger partial charge in [0.05, 0.1) is 19.7 Å². The number of carbonyl (C=O) groups excluding carboxylic acids is 3. The quantitative estimate of drug-likeness (QED) is 0.283. The normalized spacial score (nSPS) is 18.4. The zero-order valence-corrected chi connectivity index (χ0v) is 25.1. The number of piperazine rings is 1. The molecule has 0 aromatic heterocycles. The average molecular weight is 612 g/mol. The fourth-order valence-electron chi connectivity index (χ4n) is 6.14. The van der Waals surface area contributed by atoms with Crippen molar-refractivity contribution in [2.24, 2.45) is 0 Å². The lowest BCUT2D eigenvalue weighted by atomic mass is 10.0. The number of carbonyl (C=O) groups is 3. The molecule has 3 aromatic rings. The molecule has 1 atom stereocenters. The van der Waals surface area contributed by atoms with Crippen molar-refractivity contribution >= 4 is 29.1 Å². The molecule has 11 heteroatoms. The van der Waals surface area contributed by atoms with Crippen LogP contribution in [0, 0.1) is 12.4 Å². The number of hydrogen-bond donors (Lipinski definition) is 1. The maximum absolute atomic E-state index is 15.2. The van der Waals surface area contributed by atoms with E-state index in [0.29, 0.717) is 47.0 Å². The van der Waals surface area contributed by atoms with Crippen LogP contribution in [-0.2, 0) is 29.3 Å². The molecule has 0 radical (unpaired) electrons. The maximum Gasteiger partial charge on any atom is 0.255 e. The third-order valence-electron chi connectivity index (χ3n) is 8.55. The Bertz CT molecular complexity index is 1680. The molecule has 0 saturated carbocycles. The molecule has 0 unspecified atom stereocenters. The van der Waals surface area contributed by atoms with Crippen LogP contribution in [0.5, 0.6) is 11.5 Å². The average Bonchev–Trinajstić information content (AvgIpc) is 3.37. The molecule has 1 N–H and O–H groups in total. The van der Waals surface area contributed by atoms with Crippen LogP contribution in [0.15, 0.2) is 54.6 Å². The highest BCUT2D eigenvalue weighted by molar-refractivity contribution is 6.05. The first-order valence-corrected chi connectivity index (χ1v) is 15.1. The van der Waals surface area contributed by atoms with Crippen LogP contribution in [0.25, 0.3) is 4.85 Å². The first-order valence-electron chi connectivity index (χ1n) is 15.1. The highest BCUT2D eigenvalue weighted by Gasteiger charge is 2.40. The fraction of sp³-hybridized carbons (Fsp3) is 0.353. The van der Waals surface area contributed by atoms with Gasteiger partial charge in [0.1, 0.15) is 30.0 Å². The summed E-state index contributed by atoms with van der Waals surface area (Å²) in [5.41, 5.74) is 3.91. The summed E-state index contributed by atoms with van der Waals surface area (Å²) in [4.78, 5) is 46.6. The van der Waals surface area contributed by atoms with E-state index >= 15 is 4.39 Å². The van der Waals surface area contributed by atoms with Crippen LogP contribution in [0.4, 0.5) is 15.8 Å². The highest BCUT2D eigenvalue weighted by Crippen LogP contribution is 2.35. The molecule has 0 bridgehead atoms. The number of benzene rings is 3. The van der Waals surface area contributed by atoms with Crippen LogP contribution in [0.2, 0.25) is 0 Å². The maximum atomic E-state index is 15.2. The molecular weight excluding hydrogens is 577 g/mol. The number of piperidine rings is 1. The first-order chi connectivity index (χ1) is 21.8. The molecule has 6 rings (SSSR count). The van der Waals surface area contributed by atoms with Crippen molar-refractivity contribution in [1.29, 1.82) is 0 Å². The Balaban J connectivity index is 1.04. The smallest absolute Gasteiger partial charge is 0.255 e. The second kappa shape index (κ2) is 13.0. The molecule has 3 amide bonds. The van der Waals surface area contributed by atoms with Gasteiger partial charge in [0.15, 0.2) is 0 Å².